The van der Waals surface area contributed by atoms with Gasteiger partial charge in [0.2, 0.25) is 5.91 Å². The highest BCUT2D eigenvalue weighted by atomic mass is 79.9. The second-order valence-corrected chi connectivity index (χ2v) is 4.46. The van der Waals surface area contributed by atoms with Crippen LogP contribution in [0.1, 0.15) is 10.4 Å². The van der Waals surface area contributed by atoms with Crippen molar-refractivity contribution in [3.8, 4) is 0 Å². The summed E-state index contributed by atoms with van der Waals surface area (Å²) in [7, 11) is 1.49. The lowest BCUT2D eigenvalue weighted by atomic mass is 10.2. The van der Waals surface area contributed by atoms with E-state index in [1.54, 1.807) is 18.2 Å². The van der Waals surface area contributed by atoms with E-state index in [2.05, 4.69) is 15.9 Å². The number of hydrogen-bond acceptors (Lipinski definition) is 2. The van der Waals surface area contributed by atoms with E-state index in [1.807, 2.05) is 0 Å². The van der Waals surface area contributed by atoms with E-state index in [4.69, 9.17) is 17.3 Å². The number of primary amides is 1. The molecule has 0 aliphatic rings. The minimum absolute atomic E-state index is 0.137. The number of carbonyl (C=O) groups is 2. The molecule has 0 radical (unpaired) electrons. The van der Waals surface area contributed by atoms with Crippen molar-refractivity contribution >= 4 is 39.3 Å². The van der Waals surface area contributed by atoms with Crippen molar-refractivity contribution < 1.29 is 9.59 Å². The van der Waals surface area contributed by atoms with Gasteiger partial charge in [-0.25, -0.2) is 0 Å². The highest BCUT2D eigenvalue weighted by Crippen LogP contribution is 2.26. The van der Waals surface area contributed by atoms with Gasteiger partial charge >= 0.3 is 0 Å². The zero-order chi connectivity index (χ0) is 12.3. The van der Waals surface area contributed by atoms with Gasteiger partial charge in [-0.3, -0.25) is 9.59 Å². The molecule has 16 heavy (non-hydrogen) atoms. The fourth-order valence-electron chi connectivity index (χ4n) is 1.18. The van der Waals surface area contributed by atoms with E-state index in [-0.39, 0.29) is 12.5 Å². The molecule has 0 heterocycles. The number of likely N-dealkylation sites (N-methyl/N-ethyl adjacent to an activating group) is 1. The number of amides is 2. The minimum Gasteiger partial charge on any atom is -0.368 e. The van der Waals surface area contributed by atoms with Gasteiger partial charge in [-0.2, -0.15) is 0 Å². The summed E-state index contributed by atoms with van der Waals surface area (Å²) in [6.07, 6.45) is 0. The Morgan fingerprint density at radius 2 is 2.12 bits per heavy atom. The third kappa shape index (κ3) is 2.96. The quantitative estimate of drug-likeness (QED) is 0.923. The topological polar surface area (TPSA) is 63.4 Å². The molecule has 0 saturated heterocycles. The Balaban J connectivity index is 2.96. The summed E-state index contributed by atoms with van der Waals surface area (Å²) in [5.74, 6) is -0.910. The predicted molar refractivity (Wildman–Crippen MR) is 65.3 cm³/mol. The first kappa shape index (κ1) is 13.0. The third-order valence-corrected chi connectivity index (χ3v) is 3.22. The van der Waals surface area contributed by atoms with E-state index >= 15 is 0 Å². The Kier molecular flexibility index (Phi) is 4.32. The Morgan fingerprint density at radius 1 is 1.50 bits per heavy atom. The van der Waals surface area contributed by atoms with Crippen LogP contribution in [0.25, 0.3) is 0 Å². The highest BCUT2D eigenvalue weighted by molar-refractivity contribution is 9.10. The molecule has 6 heteroatoms. The van der Waals surface area contributed by atoms with E-state index in [0.717, 1.165) is 0 Å². The molecule has 0 spiro atoms. The van der Waals surface area contributed by atoms with Gasteiger partial charge in [-0.05, 0) is 28.1 Å². The lowest BCUT2D eigenvalue weighted by Crippen LogP contribution is -2.35. The molecule has 0 fully saturated rings. The van der Waals surface area contributed by atoms with E-state index in [0.29, 0.717) is 15.1 Å². The summed E-state index contributed by atoms with van der Waals surface area (Å²) in [4.78, 5) is 23.8. The number of benzene rings is 1. The maximum Gasteiger partial charge on any atom is 0.255 e. The number of hydrogen-bond donors (Lipinski definition) is 1. The molecule has 1 aromatic carbocycles. The standard InChI is InChI=1S/C10H10BrClN2O2/c1-14(5-8(13)15)10(16)6-3-2-4-7(11)9(6)12/h2-4H,5H2,1H3,(H2,13,15). The molecule has 0 atom stereocenters. The Hall–Kier alpha value is -1.07. The predicted octanol–water partition coefficient (Wildman–Crippen LogP) is 1.66. The number of rotatable bonds is 3. The van der Waals surface area contributed by atoms with Crippen molar-refractivity contribution in [1.82, 2.24) is 4.90 Å². The Morgan fingerprint density at radius 3 is 2.69 bits per heavy atom. The van der Waals surface area contributed by atoms with Crippen molar-refractivity contribution in [2.45, 2.75) is 0 Å². The molecule has 0 unspecified atom stereocenters. The maximum atomic E-state index is 11.9. The summed E-state index contributed by atoms with van der Waals surface area (Å²) in [5, 5.41) is 0.323. The number of halogens is 2. The smallest absolute Gasteiger partial charge is 0.255 e. The van der Waals surface area contributed by atoms with Crippen LogP contribution in [0.2, 0.25) is 5.02 Å². The van der Waals surface area contributed by atoms with Crippen LogP contribution in [-0.4, -0.2) is 30.3 Å². The van der Waals surface area contributed by atoms with Crippen LogP contribution in [0.3, 0.4) is 0 Å². The molecule has 86 valence electrons. The van der Waals surface area contributed by atoms with Crippen molar-refractivity contribution in [1.29, 1.82) is 0 Å². The van der Waals surface area contributed by atoms with Crippen molar-refractivity contribution in [3.63, 3.8) is 0 Å². The number of carbonyl (C=O) groups excluding carboxylic acids is 2. The van der Waals surface area contributed by atoms with Gasteiger partial charge in [-0.15, -0.1) is 0 Å². The molecule has 0 aliphatic carbocycles. The van der Waals surface area contributed by atoms with Crippen LogP contribution in [0, 0.1) is 0 Å². The maximum absolute atomic E-state index is 11.9. The zero-order valence-corrected chi connectivity index (χ0v) is 10.9. The minimum atomic E-state index is -0.568. The molecular formula is C10H10BrClN2O2. The number of nitrogens with two attached hydrogens (primary N) is 1. The van der Waals surface area contributed by atoms with Gasteiger partial charge in [-0.1, -0.05) is 17.7 Å². The normalized spacial score (nSPS) is 9.94. The summed E-state index contributed by atoms with van der Waals surface area (Å²) < 4.78 is 0.632. The molecular weight excluding hydrogens is 295 g/mol. The van der Waals surface area contributed by atoms with Crippen molar-refractivity contribution in [2.24, 2.45) is 5.73 Å². The molecule has 0 saturated carbocycles. The molecule has 2 N–H and O–H groups in total. The molecule has 1 aromatic rings. The number of nitrogens with zero attached hydrogens (tertiary/aromatic N) is 1. The first-order valence-corrected chi connectivity index (χ1v) is 5.58. The van der Waals surface area contributed by atoms with Gasteiger partial charge in [0.1, 0.15) is 0 Å². The van der Waals surface area contributed by atoms with Crippen LogP contribution in [0.5, 0.6) is 0 Å². The van der Waals surface area contributed by atoms with Crippen LogP contribution < -0.4 is 5.73 Å². The van der Waals surface area contributed by atoms with Crippen molar-refractivity contribution in [3.05, 3.63) is 33.3 Å². The van der Waals surface area contributed by atoms with Crippen LogP contribution in [0.15, 0.2) is 22.7 Å². The SMILES string of the molecule is CN(CC(N)=O)C(=O)c1cccc(Br)c1Cl. The fourth-order valence-corrected chi connectivity index (χ4v) is 1.75. The van der Waals surface area contributed by atoms with Gasteiger partial charge < -0.3 is 10.6 Å². The van der Waals surface area contributed by atoms with Crippen LogP contribution in [0.4, 0.5) is 0 Å². The largest absolute Gasteiger partial charge is 0.368 e. The summed E-state index contributed by atoms with van der Waals surface area (Å²) >= 11 is 9.18. The van der Waals surface area contributed by atoms with Gasteiger partial charge in [0.15, 0.2) is 0 Å². The van der Waals surface area contributed by atoms with Crippen molar-refractivity contribution in [2.75, 3.05) is 13.6 Å². The lowest BCUT2D eigenvalue weighted by Gasteiger charge is -2.16. The van der Waals surface area contributed by atoms with E-state index in [1.165, 1.54) is 11.9 Å². The second-order valence-electron chi connectivity index (χ2n) is 3.23. The van der Waals surface area contributed by atoms with E-state index < -0.39 is 5.91 Å². The second kappa shape index (κ2) is 5.32. The molecule has 0 bridgehead atoms. The third-order valence-electron chi connectivity index (χ3n) is 1.92. The fraction of sp³-hybridized carbons (Fsp3) is 0.200. The summed E-state index contributed by atoms with van der Waals surface area (Å²) in [6, 6.07) is 5.02. The molecule has 0 aliphatic heterocycles. The lowest BCUT2D eigenvalue weighted by molar-refractivity contribution is -0.118. The van der Waals surface area contributed by atoms with Gasteiger partial charge in [0.05, 0.1) is 17.1 Å². The highest BCUT2D eigenvalue weighted by Gasteiger charge is 2.17. The Labute approximate surface area is 106 Å². The van der Waals surface area contributed by atoms with Gasteiger partial charge in [0.25, 0.3) is 5.91 Å². The molecule has 0 aromatic heterocycles. The van der Waals surface area contributed by atoms with E-state index in [9.17, 15) is 9.59 Å². The monoisotopic (exact) mass is 304 g/mol. The molecule has 2 amide bonds. The first-order valence-electron chi connectivity index (χ1n) is 4.41. The zero-order valence-electron chi connectivity index (χ0n) is 8.54. The average molecular weight is 306 g/mol. The summed E-state index contributed by atoms with van der Waals surface area (Å²) in [5.41, 5.74) is 5.34. The Bertz CT molecular complexity index is 437. The summed E-state index contributed by atoms with van der Waals surface area (Å²) in [6.45, 7) is -0.137. The average Bonchev–Trinajstić information content (AvgIpc) is 2.20. The first-order chi connectivity index (χ1) is 7.43. The van der Waals surface area contributed by atoms with Gasteiger partial charge in [0, 0.05) is 11.5 Å². The molecule has 4 nitrogen and oxygen atoms in total. The molecule has 1 rings (SSSR count). The van der Waals surface area contributed by atoms with Crippen LogP contribution in [-0.2, 0) is 4.79 Å². The van der Waals surface area contributed by atoms with Crippen LogP contribution >= 0.6 is 27.5 Å².